The molecule has 25 heavy (non-hydrogen) atoms. The van der Waals surface area contributed by atoms with Crippen LogP contribution in [-0.2, 0) is 12.8 Å². The first-order valence-electron chi connectivity index (χ1n) is 10.1. The van der Waals surface area contributed by atoms with Crippen molar-refractivity contribution in [3.63, 3.8) is 0 Å². The zero-order valence-electron chi connectivity index (χ0n) is 15.0. The van der Waals surface area contributed by atoms with E-state index in [1.807, 2.05) is 0 Å². The van der Waals surface area contributed by atoms with Crippen LogP contribution in [0.3, 0.4) is 0 Å². The summed E-state index contributed by atoms with van der Waals surface area (Å²) in [7, 11) is 0. The lowest BCUT2D eigenvalue weighted by Crippen LogP contribution is -2.44. The van der Waals surface area contributed by atoms with E-state index < -0.39 is 0 Å². The molecule has 0 aromatic carbocycles. The minimum Gasteiger partial charge on any atom is -0.473 e. The molecule has 4 fully saturated rings. The summed E-state index contributed by atoms with van der Waals surface area (Å²) >= 11 is 0. The standard InChI is InChI=1S/C19H28N4O2/c24-19(22-13-12-21-10-8-14(22)9-11-21)23-17-7-3-6-16(17)18(20-23)25-15-4-1-2-5-15/h14-15H,1-13H2. The smallest absolute Gasteiger partial charge is 0.345 e. The van der Waals surface area contributed by atoms with Crippen LogP contribution in [0.4, 0.5) is 4.79 Å². The van der Waals surface area contributed by atoms with Crippen molar-refractivity contribution >= 4 is 6.03 Å². The van der Waals surface area contributed by atoms with Crippen molar-refractivity contribution in [1.82, 2.24) is 19.6 Å². The number of rotatable bonds is 2. The van der Waals surface area contributed by atoms with E-state index in [2.05, 4.69) is 14.9 Å². The second-order valence-corrected chi connectivity index (χ2v) is 8.07. The van der Waals surface area contributed by atoms with Gasteiger partial charge in [-0.1, -0.05) is 0 Å². The highest BCUT2D eigenvalue weighted by Gasteiger charge is 2.36. The molecule has 6 rings (SSSR count). The van der Waals surface area contributed by atoms with Gasteiger partial charge in [-0.3, -0.25) is 0 Å². The molecule has 0 unspecified atom stereocenters. The van der Waals surface area contributed by atoms with E-state index >= 15 is 0 Å². The summed E-state index contributed by atoms with van der Waals surface area (Å²) in [5, 5.41) is 4.67. The maximum Gasteiger partial charge on any atom is 0.345 e. The Morgan fingerprint density at radius 2 is 1.76 bits per heavy atom. The van der Waals surface area contributed by atoms with Crippen LogP contribution >= 0.6 is 0 Å². The summed E-state index contributed by atoms with van der Waals surface area (Å²) in [6.45, 7) is 4.08. The molecule has 5 aliphatic rings. The Labute approximate surface area is 149 Å². The largest absolute Gasteiger partial charge is 0.473 e. The molecule has 136 valence electrons. The number of piperidine rings is 1. The number of carbonyl (C=O) groups excluding carboxylic acids is 1. The Hall–Kier alpha value is -1.56. The Bertz CT molecular complexity index is 657. The average Bonchev–Trinajstić information content (AvgIpc) is 3.31. The molecular formula is C19H28N4O2. The minimum atomic E-state index is 0.0770. The van der Waals surface area contributed by atoms with E-state index in [0.717, 1.165) is 82.7 Å². The van der Waals surface area contributed by atoms with Crippen LogP contribution in [0.15, 0.2) is 0 Å². The van der Waals surface area contributed by atoms with Crippen molar-refractivity contribution in [1.29, 1.82) is 0 Å². The van der Waals surface area contributed by atoms with Crippen LogP contribution in [-0.4, -0.2) is 63.9 Å². The first kappa shape index (κ1) is 15.7. The van der Waals surface area contributed by atoms with Gasteiger partial charge in [0.2, 0.25) is 5.88 Å². The highest BCUT2D eigenvalue weighted by atomic mass is 16.5. The highest BCUT2D eigenvalue weighted by Crippen LogP contribution is 2.34. The maximum absolute atomic E-state index is 13.3. The van der Waals surface area contributed by atoms with Gasteiger partial charge in [-0.15, -0.1) is 5.10 Å². The van der Waals surface area contributed by atoms with Crippen molar-refractivity contribution in [3.05, 3.63) is 11.3 Å². The Balaban J connectivity index is 1.42. The van der Waals surface area contributed by atoms with E-state index in [0.29, 0.717) is 12.1 Å². The van der Waals surface area contributed by atoms with Crippen molar-refractivity contribution in [2.45, 2.75) is 69.9 Å². The number of carbonyl (C=O) groups is 1. The molecule has 0 spiro atoms. The molecule has 2 aliphatic carbocycles. The molecule has 3 saturated heterocycles. The topological polar surface area (TPSA) is 50.6 Å². The van der Waals surface area contributed by atoms with Crippen molar-refractivity contribution < 1.29 is 9.53 Å². The summed E-state index contributed by atoms with van der Waals surface area (Å²) < 4.78 is 7.91. The van der Waals surface area contributed by atoms with Gasteiger partial charge in [0, 0.05) is 37.8 Å². The zero-order chi connectivity index (χ0) is 16.8. The minimum absolute atomic E-state index is 0.0770. The number of aromatic nitrogens is 2. The first-order chi connectivity index (χ1) is 12.3. The van der Waals surface area contributed by atoms with Crippen molar-refractivity contribution in [2.75, 3.05) is 26.2 Å². The normalized spacial score (nSPS) is 29.0. The number of hydrogen-bond acceptors (Lipinski definition) is 4. The molecule has 6 heteroatoms. The van der Waals surface area contributed by atoms with E-state index in [1.54, 1.807) is 4.68 Å². The van der Waals surface area contributed by atoms with E-state index in [-0.39, 0.29) is 6.03 Å². The molecule has 0 atom stereocenters. The predicted molar refractivity (Wildman–Crippen MR) is 94.1 cm³/mol. The van der Waals surface area contributed by atoms with Gasteiger partial charge in [-0.05, 0) is 57.8 Å². The summed E-state index contributed by atoms with van der Waals surface area (Å²) in [4.78, 5) is 17.9. The summed E-state index contributed by atoms with van der Waals surface area (Å²) in [6, 6.07) is 0.458. The number of fused-ring (bicyclic) bond motifs is 5. The van der Waals surface area contributed by atoms with Gasteiger partial charge in [0.1, 0.15) is 6.10 Å². The molecule has 0 N–H and O–H groups in total. The number of ether oxygens (including phenoxy) is 1. The molecule has 3 aliphatic heterocycles. The quantitative estimate of drug-likeness (QED) is 0.827. The molecular weight excluding hydrogens is 316 g/mol. The Kier molecular flexibility index (Phi) is 3.95. The van der Waals surface area contributed by atoms with Gasteiger partial charge in [-0.2, -0.15) is 4.68 Å². The molecule has 2 bridgehead atoms. The lowest BCUT2D eigenvalue weighted by molar-refractivity contribution is 0.165. The summed E-state index contributed by atoms with van der Waals surface area (Å²) in [5.41, 5.74) is 2.31. The van der Waals surface area contributed by atoms with Gasteiger partial charge in [0.25, 0.3) is 0 Å². The number of nitrogens with zero attached hydrogens (tertiary/aromatic N) is 4. The Morgan fingerprint density at radius 1 is 0.960 bits per heavy atom. The van der Waals surface area contributed by atoms with Gasteiger partial charge >= 0.3 is 6.03 Å². The monoisotopic (exact) mass is 344 g/mol. The van der Waals surface area contributed by atoms with Crippen LogP contribution in [0.1, 0.15) is 56.2 Å². The molecule has 1 amide bonds. The number of hydrogen-bond donors (Lipinski definition) is 0. The van der Waals surface area contributed by atoms with Crippen LogP contribution in [0.25, 0.3) is 0 Å². The fourth-order valence-corrected chi connectivity index (χ4v) is 5.08. The van der Waals surface area contributed by atoms with Crippen LogP contribution < -0.4 is 4.74 Å². The van der Waals surface area contributed by atoms with Gasteiger partial charge in [-0.25, -0.2) is 4.79 Å². The van der Waals surface area contributed by atoms with Gasteiger partial charge in [0.05, 0.1) is 5.69 Å². The summed E-state index contributed by atoms with van der Waals surface area (Å²) in [6.07, 6.45) is 10.3. The molecule has 1 aromatic heterocycles. The van der Waals surface area contributed by atoms with E-state index in [1.165, 1.54) is 18.4 Å². The van der Waals surface area contributed by atoms with Gasteiger partial charge < -0.3 is 14.5 Å². The van der Waals surface area contributed by atoms with E-state index in [4.69, 9.17) is 4.74 Å². The lowest BCUT2D eigenvalue weighted by Gasteiger charge is -2.31. The third-order valence-corrected chi connectivity index (χ3v) is 6.56. The fraction of sp³-hybridized carbons (Fsp3) is 0.789. The average molecular weight is 344 g/mol. The van der Waals surface area contributed by atoms with Crippen molar-refractivity contribution in [2.24, 2.45) is 0 Å². The maximum atomic E-state index is 13.3. The zero-order valence-corrected chi connectivity index (χ0v) is 15.0. The Morgan fingerprint density at radius 3 is 2.56 bits per heavy atom. The predicted octanol–water partition coefficient (Wildman–Crippen LogP) is 2.44. The van der Waals surface area contributed by atoms with Crippen LogP contribution in [0.5, 0.6) is 5.88 Å². The third kappa shape index (κ3) is 2.75. The molecule has 1 aromatic rings. The number of amides is 1. The van der Waals surface area contributed by atoms with Crippen molar-refractivity contribution in [3.8, 4) is 5.88 Å². The van der Waals surface area contributed by atoms with E-state index in [9.17, 15) is 4.79 Å². The first-order valence-corrected chi connectivity index (χ1v) is 10.1. The highest BCUT2D eigenvalue weighted by molar-refractivity contribution is 5.78. The van der Waals surface area contributed by atoms with Crippen LogP contribution in [0, 0.1) is 0 Å². The molecule has 4 heterocycles. The second kappa shape index (κ2) is 6.31. The molecule has 6 nitrogen and oxygen atoms in total. The SMILES string of the molecule is O=C(N1CCN2CCC1CC2)n1nc(OC2CCCC2)c2c1CCC2. The van der Waals surface area contributed by atoms with Crippen LogP contribution in [0.2, 0.25) is 0 Å². The molecule has 0 radical (unpaired) electrons. The summed E-state index contributed by atoms with van der Waals surface area (Å²) in [5.74, 6) is 0.746. The second-order valence-electron chi connectivity index (χ2n) is 8.07. The fourth-order valence-electron chi connectivity index (χ4n) is 5.08. The molecule has 1 saturated carbocycles. The lowest BCUT2D eigenvalue weighted by atomic mass is 10.1. The van der Waals surface area contributed by atoms with Gasteiger partial charge in [0.15, 0.2) is 0 Å². The third-order valence-electron chi connectivity index (χ3n) is 6.56.